The van der Waals surface area contributed by atoms with Crippen LogP contribution in [0.2, 0.25) is 0 Å². The number of nitrogens with zero attached hydrogens (tertiary/aromatic N) is 4. The van der Waals surface area contributed by atoms with Crippen molar-refractivity contribution in [3.05, 3.63) is 23.8 Å². The summed E-state index contributed by atoms with van der Waals surface area (Å²) in [4.78, 5) is 18.2. The van der Waals surface area contributed by atoms with E-state index in [0.29, 0.717) is 18.8 Å². The molecule has 7 nitrogen and oxygen atoms in total. The molecule has 0 amide bonds. The van der Waals surface area contributed by atoms with Crippen LogP contribution in [0.4, 0.5) is 10.2 Å². The van der Waals surface area contributed by atoms with Crippen molar-refractivity contribution in [3.63, 3.8) is 0 Å². The molecule has 2 bridgehead atoms. The number of carbonyl (C=O) groups is 1. The molecule has 0 aromatic carbocycles. The first-order valence-corrected chi connectivity index (χ1v) is 7.26. The Bertz CT molecular complexity index is 747. The van der Waals surface area contributed by atoms with E-state index in [1.54, 1.807) is 6.92 Å². The maximum atomic E-state index is 14.3. The third-order valence-corrected chi connectivity index (χ3v) is 4.10. The molecule has 4 rings (SSSR count). The summed E-state index contributed by atoms with van der Waals surface area (Å²) in [6, 6.07) is 0.142. The van der Waals surface area contributed by atoms with Crippen LogP contribution in [-0.4, -0.2) is 52.5 Å². The van der Waals surface area contributed by atoms with E-state index in [0.717, 1.165) is 6.42 Å². The van der Waals surface area contributed by atoms with E-state index in [2.05, 4.69) is 10.1 Å². The lowest BCUT2D eigenvalue weighted by Crippen LogP contribution is -2.38. The van der Waals surface area contributed by atoms with Crippen LogP contribution in [0.1, 0.15) is 23.7 Å². The second-order valence-electron chi connectivity index (χ2n) is 5.46. The number of anilines is 1. The number of hydrogen-bond donors (Lipinski definition) is 0. The average Bonchev–Trinajstić information content (AvgIpc) is 3.20. The molecule has 22 heavy (non-hydrogen) atoms. The number of morpholine rings is 1. The second-order valence-corrected chi connectivity index (χ2v) is 5.46. The minimum Gasteiger partial charge on any atom is -0.462 e. The average molecular weight is 306 g/mol. The molecule has 0 spiro atoms. The molecular formula is C14H15FN4O3. The quantitative estimate of drug-likeness (QED) is 0.789. The molecular weight excluding hydrogens is 291 g/mol. The van der Waals surface area contributed by atoms with Gasteiger partial charge in [0.2, 0.25) is 0 Å². The topological polar surface area (TPSA) is 69.0 Å². The highest BCUT2D eigenvalue weighted by Gasteiger charge is 2.40. The van der Waals surface area contributed by atoms with Gasteiger partial charge in [-0.15, -0.1) is 0 Å². The third kappa shape index (κ3) is 1.94. The van der Waals surface area contributed by atoms with Crippen molar-refractivity contribution in [2.75, 3.05) is 24.7 Å². The van der Waals surface area contributed by atoms with Gasteiger partial charge in [0.15, 0.2) is 17.3 Å². The van der Waals surface area contributed by atoms with Crippen LogP contribution < -0.4 is 4.90 Å². The van der Waals surface area contributed by atoms with Crippen molar-refractivity contribution < 1.29 is 18.7 Å². The van der Waals surface area contributed by atoms with Gasteiger partial charge in [-0.25, -0.2) is 18.7 Å². The lowest BCUT2D eigenvalue weighted by Gasteiger charge is -2.28. The first-order chi connectivity index (χ1) is 10.7. The van der Waals surface area contributed by atoms with Gasteiger partial charge in [0.05, 0.1) is 37.8 Å². The summed E-state index contributed by atoms with van der Waals surface area (Å²) in [6.45, 7) is 3.19. The van der Waals surface area contributed by atoms with Crippen LogP contribution in [0.5, 0.6) is 0 Å². The Morgan fingerprint density at radius 3 is 3.14 bits per heavy atom. The Balaban J connectivity index is 1.77. The Morgan fingerprint density at radius 1 is 1.59 bits per heavy atom. The number of rotatable bonds is 3. The van der Waals surface area contributed by atoms with Gasteiger partial charge in [0.1, 0.15) is 5.56 Å². The van der Waals surface area contributed by atoms with Crippen molar-refractivity contribution in [2.24, 2.45) is 0 Å². The molecule has 0 N–H and O–H groups in total. The van der Waals surface area contributed by atoms with Crippen molar-refractivity contribution in [2.45, 2.75) is 25.5 Å². The molecule has 2 fully saturated rings. The van der Waals surface area contributed by atoms with Crippen molar-refractivity contribution in [1.29, 1.82) is 0 Å². The highest BCUT2D eigenvalue weighted by molar-refractivity contribution is 5.95. The van der Waals surface area contributed by atoms with E-state index in [9.17, 15) is 9.18 Å². The molecule has 4 heterocycles. The Morgan fingerprint density at radius 2 is 2.45 bits per heavy atom. The maximum Gasteiger partial charge on any atom is 0.343 e. The normalized spacial score (nSPS) is 23.5. The molecule has 2 aliphatic heterocycles. The van der Waals surface area contributed by atoms with Gasteiger partial charge in [-0.1, -0.05) is 0 Å². The predicted octanol–water partition coefficient (Wildman–Crippen LogP) is 1.02. The van der Waals surface area contributed by atoms with Gasteiger partial charge in [0, 0.05) is 6.54 Å². The van der Waals surface area contributed by atoms with E-state index in [-0.39, 0.29) is 30.1 Å². The minimum absolute atomic E-state index is 0.136. The highest BCUT2D eigenvalue weighted by Crippen LogP contribution is 2.33. The van der Waals surface area contributed by atoms with Crippen molar-refractivity contribution in [3.8, 4) is 0 Å². The fourth-order valence-electron chi connectivity index (χ4n) is 3.09. The van der Waals surface area contributed by atoms with Crippen LogP contribution in [0.3, 0.4) is 0 Å². The molecule has 2 saturated heterocycles. The third-order valence-electron chi connectivity index (χ3n) is 4.10. The number of hydrogen-bond acceptors (Lipinski definition) is 6. The Labute approximate surface area is 125 Å². The molecule has 0 aliphatic carbocycles. The summed E-state index contributed by atoms with van der Waals surface area (Å²) in [7, 11) is 0. The van der Waals surface area contributed by atoms with E-state index in [4.69, 9.17) is 9.47 Å². The van der Waals surface area contributed by atoms with E-state index in [1.165, 1.54) is 16.9 Å². The van der Waals surface area contributed by atoms with Gasteiger partial charge < -0.3 is 14.4 Å². The summed E-state index contributed by atoms with van der Waals surface area (Å²) < 4.78 is 26.1. The summed E-state index contributed by atoms with van der Waals surface area (Å²) >= 11 is 0. The maximum absolute atomic E-state index is 14.3. The van der Waals surface area contributed by atoms with Crippen LogP contribution in [-0.2, 0) is 9.47 Å². The van der Waals surface area contributed by atoms with Gasteiger partial charge >= 0.3 is 5.97 Å². The monoisotopic (exact) mass is 306 g/mol. The number of carbonyl (C=O) groups excluding carboxylic acids is 1. The molecule has 2 aromatic heterocycles. The molecule has 8 heteroatoms. The van der Waals surface area contributed by atoms with E-state index in [1.807, 2.05) is 4.90 Å². The summed E-state index contributed by atoms with van der Waals surface area (Å²) in [6.07, 6.45) is 3.61. The molecule has 0 radical (unpaired) electrons. The van der Waals surface area contributed by atoms with Gasteiger partial charge in [-0.05, 0) is 13.3 Å². The second kappa shape index (κ2) is 4.91. The van der Waals surface area contributed by atoms with Gasteiger partial charge in [-0.2, -0.15) is 5.10 Å². The number of halogens is 1. The first-order valence-electron chi connectivity index (χ1n) is 7.26. The predicted molar refractivity (Wildman–Crippen MR) is 74.4 cm³/mol. The van der Waals surface area contributed by atoms with Crippen molar-refractivity contribution in [1.82, 2.24) is 14.6 Å². The van der Waals surface area contributed by atoms with Crippen molar-refractivity contribution >= 4 is 17.4 Å². The first kappa shape index (κ1) is 13.4. The highest BCUT2D eigenvalue weighted by atomic mass is 19.1. The summed E-state index contributed by atoms with van der Waals surface area (Å²) in [5.41, 5.74) is 0.544. The fraction of sp³-hybridized carbons (Fsp3) is 0.500. The van der Waals surface area contributed by atoms with Crippen LogP contribution in [0, 0.1) is 5.82 Å². The zero-order valence-electron chi connectivity index (χ0n) is 12.0. The van der Waals surface area contributed by atoms with Crippen LogP contribution in [0.25, 0.3) is 5.65 Å². The van der Waals surface area contributed by atoms with E-state index >= 15 is 0 Å². The zero-order valence-corrected chi connectivity index (χ0v) is 12.0. The number of aromatic nitrogens is 3. The van der Waals surface area contributed by atoms with E-state index < -0.39 is 11.8 Å². The number of ether oxygens (including phenoxy) is 2. The molecule has 0 saturated carbocycles. The lowest BCUT2D eigenvalue weighted by atomic mass is 10.2. The molecule has 0 unspecified atom stereocenters. The standard InChI is InChI=1S/C14H15FN4O3/c1-2-21-14(20)10-4-16-19-6-11(15)13(17-12(10)19)18-5-9-3-8(18)7-22-9/h4,6,8-9H,2-3,5,7H2,1H3/t8-,9-/m1/s1. The summed E-state index contributed by atoms with van der Waals surface area (Å²) in [5.74, 6) is -0.721. The van der Waals surface area contributed by atoms with Crippen LogP contribution in [0.15, 0.2) is 12.4 Å². The summed E-state index contributed by atoms with van der Waals surface area (Å²) in [5, 5.41) is 3.97. The molecule has 2 aromatic rings. The SMILES string of the molecule is CCOC(=O)c1cnn2cc(F)c(N3C[C@H]4C[C@@H]3CO4)nc12. The molecule has 2 atom stereocenters. The molecule has 2 aliphatic rings. The molecule has 116 valence electrons. The fourth-order valence-corrected chi connectivity index (χ4v) is 3.09. The Kier molecular flexibility index (Phi) is 3.00. The van der Waals surface area contributed by atoms with Gasteiger partial charge in [-0.3, -0.25) is 0 Å². The van der Waals surface area contributed by atoms with Gasteiger partial charge in [0.25, 0.3) is 0 Å². The number of esters is 1. The van der Waals surface area contributed by atoms with Crippen LogP contribution >= 0.6 is 0 Å². The number of fused-ring (bicyclic) bond motifs is 3. The zero-order chi connectivity index (χ0) is 15.3. The smallest absolute Gasteiger partial charge is 0.343 e. The minimum atomic E-state index is -0.506. The largest absolute Gasteiger partial charge is 0.462 e. The lowest BCUT2D eigenvalue weighted by molar-refractivity contribution is 0.0528. The Hall–Kier alpha value is -2.22.